The summed E-state index contributed by atoms with van der Waals surface area (Å²) in [5.74, 6) is -3.08. The van der Waals surface area contributed by atoms with Gasteiger partial charge in [-0.3, -0.25) is 9.59 Å². The van der Waals surface area contributed by atoms with Crippen molar-refractivity contribution >= 4 is 23.1 Å². The quantitative estimate of drug-likeness (QED) is 0.638. The minimum Gasteiger partial charge on any atom is -0.492 e. The Morgan fingerprint density at radius 1 is 1.25 bits per heavy atom. The lowest BCUT2D eigenvalue weighted by Gasteiger charge is -2.36. The fourth-order valence-corrected chi connectivity index (χ4v) is 4.71. The summed E-state index contributed by atoms with van der Waals surface area (Å²) in [6.07, 6.45) is 1.50. The number of carboxylic acid groups (broad SMARTS) is 1. The number of nitrogens with zero attached hydrogens (tertiary/aromatic N) is 2. The van der Waals surface area contributed by atoms with Gasteiger partial charge in [-0.15, -0.1) is 0 Å². The van der Waals surface area contributed by atoms with Crippen LogP contribution in [0.25, 0.3) is 0 Å². The van der Waals surface area contributed by atoms with E-state index in [9.17, 15) is 14.7 Å². The zero-order chi connectivity index (χ0) is 22.8. The van der Waals surface area contributed by atoms with Crippen LogP contribution in [0.4, 0.5) is 15.8 Å². The fourth-order valence-electron chi connectivity index (χ4n) is 4.71. The Morgan fingerprint density at radius 2 is 2.00 bits per heavy atom. The molecular weight excluding hydrogens is 413 g/mol. The fraction of sp³-hybridized carbons (Fsp3) is 0.417. The number of methoxy groups -OCH3 is 1. The summed E-state index contributed by atoms with van der Waals surface area (Å²) in [6.45, 7) is 2.26. The number of fused-ring (bicyclic) bond motifs is 1. The van der Waals surface area contributed by atoms with Crippen LogP contribution in [0.1, 0.15) is 22.3 Å². The summed E-state index contributed by atoms with van der Waals surface area (Å²) in [7, 11) is 1.46. The Labute approximate surface area is 186 Å². The Hall–Kier alpha value is -3.13. The number of halogens is 1. The van der Waals surface area contributed by atoms with Crippen LogP contribution in [0.3, 0.4) is 0 Å². The highest BCUT2D eigenvalue weighted by molar-refractivity contribution is 6.14. The number of carboxylic acids is 1. The number of nitrogens with two attached hydrogens (primary N) is 1. The van der Waals surface area contributed by atoms with E-state index in [-0.39, 0.29) is 23.8 Å². The molecule has 1 saturated heterocycles. The molecule has 2 atom stereocenters. The smallest absolute Gasteiger partial charge is 0.316 e. The molecule has 32 heavy (non-hydrogen) atoms. The molecule has 2 heterocycles. The van der Waals surface area contributed by atoms with Gasteiger partial charge in [-0.1, -0.05) is 30.3 Å². The van der Waals surface area contributed by atoms with E-state index in [1.54, 1.807) is 0 Å². The van der Waals surface area contributed by atoms with Crippen LogP contribution >= 0.6 is 0 Å². The summed E-state index contributed by atoms with van der Waals surface area (Å²) >= 11 is 0. The van der Waals surface area contributed by atoms with Gasteiger partial charge >= 0.3 is 5.97 Å². The van der Waals surface area contributed by atoms with Gasteiger partial charge in [0.25, 0.3) is 0 Å². The van der Waals surface area contributed by atoms with Gasteiger partial charge in [0.1, 0.15) is 11.6 Å². The number of aliphatic carboxylic acids is 1. The average Bonchev–Trinajstić information content (AvgIpc) is 3.27. The highest BCUT2D eigenvalue weighted by atomic mass is 19.1. The molecule has 0 aromatic heterocycles. The summed E-state index contributed by atoms with van der Waals surface area (Å²) < 4.78 is 21.0. The van der Waals surface area contributed by atoms with Crippen molar-refractivity contribution in [1.29, 1.82) is 0 Å². The Bertz CT molecular complexity index is 1010. The lowest BCUT2D eigenvalue weighted by molar-refractivity contribution is -0.139. The SMILES string of the molecule is COc1c(N2CC[C@@H](CN)C2)c(F)cc2c1N(CCc1ccccc1)CC(C(=O)O)C2=O. The molecule has 0 aliphatic carbocycles. The lowest BCUT2D eigenvalue weighted by atomic mass is 9.89. The molecule has 8 heteroatoms. The van der Waals surface area contributed by atoms with E-state index in [1.165, 1.54) is 13.2 Å². The van der Waals surface area contributed by atoms with Gasteiger partial charge in [0, 0.05) is 31.7 Å². The molecular formula is C24H28FN3O4. The maximum atomic E-state index is 15.3. The summed E-state index contributed by atoms with van der Waals surface area (Å²) in [5.41, 5.74) is 7.74. The number of carbonyl (C=O) groups excluding carboxylic acids is 1. The Morgan fingerprint density at radius 3 is 2.62 bits per heavy atom. The minimum absolute atomic E-state index is 0.0147. The second kappa shape index (κ2) is 9.16. The number of hydrogen-bond donors (Lipinski definition) is 2. The molecule has 2 aromatic carbocycles. The number of benzene rings is 2. The highest BCUT2D eigenvalue weighted by Gasteiger charge is 2.41. The van der Waals surface area contributed by atoms with Crippen LogP contribution in [0.15, 0.2) is 36.4 Å². The first-order chi connectivity index (χ1) is 15.4. The molecule has 1 fully saturated rings. The van der Waals surface area contributed by atoms with Gasteiger partial charge in [0.15, 0.2) is 17.3 Å². The molecule has 0 bridgehead atoms. The number of carbonyl (C=O) groups is 2. The molecule has 0 radical (unpaired) electrons. The molecule has 2 aliphatic rings. The number of anilines is 2. The maximum Gasteiger partial charge on any atom is 0.316 e. The van der Waals surface area contributed by atoms with Crippen molar-refractivity contribution in [2.24, 2.45) is 17.6 Å². The van der Waals surface area contributed by atoms with Crippen molar-refractivity contribution in [2.75, 3.05) is 49.6 Å². The predicted octanol–water partition coefficient (Wildman–Crippen LogP) is 2.57. The molecule has 7 nitrogen and oxygen atoms in total. The monoisotopic (exact) mass is 441 g/mol. The highest BCUT2D eigenvalue weighted by Crippen LogP contribution is 2.47. The number of rotatable bonds is 7. The van der Waals surface area contributed by atoms with Crippen molar-refractivity contribution in [1.82, 2.24) is 0 Å². The Kier molecular flexibility index (Phi) is 6.32. The molecule has 0 saturated carbocycles. The van der Waals surface area contributed by atoms with Gasteiger partial charge in [-0.2, -0.15) is 0 Å². The first kappa shape index (κ1) is 22.1. The first-order valence-electron chi connectivity index (χ1n) is 10.9. The second-order valence-corrected chi connectivity index (χ2v) is 8.41. The van der Waals surface area contributed by atoms with Crippen molar-refractivity contribution in [3.63, 3.8) is 0 Å². The molecule has 2 aliphatic heterocycles. The van der Waals surface area contributed by atoms with Crippen LogP contribution < -0.4 is 20.3 Å². The van der Waals surface area contributed by atoms with E-state index < -0.39 is 23.5 Å². The largest absolute Gasteiger partial charge is 0.492 e. The maximum absolute atomic E-state index is 15.3. The summed E-state index contributed by atoms with van der Waals surface area (Å²) in [4.78, 5) is 28.5. The minimum atomic E-state index is -1.25. The molecule has 0 amide bonds. The van der Waals surface area contributed by atoms with Gasteiger partial charge in [0.2, 0.25) is 0 Å². The van der Waals surface area contributed by atoms with E-state index in [1.807, 2.05) is 40.1 Å². The van der Waals surface area contributed by atoms with Crippen molar-refractivity contribution in [3.8, 4) is 5.75 Å². The van der Waals surface area contributed by atoms with E-state index >= 15 is 4.39 Å². The third kappa shape index (κ3) is 4.02. The van der Waals surface area contributed by atoms with Crippen LogP contribution in [-0.2, 0) is 11.2 Å². The normalized spacial score (nSPS) is 20.4. The zero-order valence-corrected chi connectivity index (χ0v) is 18.1. The Balaban J connectivity index is 1.77. The van der Waals surface area contributed by atoms with Crippen LogP contribution in [0.2, 0.25) is 0 Å². The van der Waals surface area contributed by atoms with Gasteiger partial charge in [-0.25, -0.2) is 4.39 Å². The molecule has 170 valence electrons. The van der Waals surface area contributed by atoms with Crippen LogP contribution in [0.5, 0.6) is 5.75 Å². The number of ketones is 1. The standard InChI is InChI=1S/C24H28FN3O4/c1-32-23-20-17(11-19(25)21(23)27-10-8-16(12-26)13-27)22(29)18(24(30)31)14-28(20)9-7-15-5-3-2-4-6-15/h2-6,11,16,18H,7-10,12-14,26H2,1H3,(H,30,31)/t16-,18?/m0/s1. The van der Waals surface area contributed by atoms with E-state index in [2.05, 4.69) is 0 Å². The lowest BCUT2D eigenvalue weighted by Crippen LogP contribution is -2.44. The van der Waals surface area contributed by atoms with Crippen LogP contribution in [-0.4, -0.2) is 56.7 Å². The molecule has 2 aromatic rings. The molecule has 3 N–H and O–H groups in total. The molecule has 1 unspecified atom stereocenters. The van der Waals surface area contributed by atoms with Gasteiger partial charge in [-0.05, 0) is 36.9 Å². The third-order valence-corrected chi connectivity index (χ3v) is 6.43. The van der Waals surface area contributed by atoms with Crippen molar-refractivity contribution < 1.29 is 23.8 Å². The van der Waals surface area contributed by atoms with Crippen molar-refractivity contribution in [2.45, 2.75) is 12.8 Å². The first-order valence-corrected chi connectivity index (χ1v) is 10.9. The van der Waals surface area contributed by atoms with Gasteiger partial charge < -0.3 is 25.4 Å². The van der Waals surface area contributed by atoms with E-state index in [0.29, 0.717) is 44.0 Å². The van der Waals surface area contributed by atoms with Crippen LogP contribution in [0, 0.1) is 17.7 Å². The second-order valence-electron chi connectivity index (χ2n) is 8.41. The van der Waals surface area contributed by atoms with Crippen molar-refractivity contribution in [3.05, 3.63) is 53.3 Å². The summed E-state index contributed by atoms with van der Waals surface area (Å²) in [5, 5.41) is 9.62. The van der Waals surface area contributed by atoms with E-state index in [0.717, 1.165) is 12.0 Å². The average molecular weight is 442 g/mol. The van der Waals surface area contributed by atoms with E-state index in [4.69, 9.17) is 10.5 Å². The third-order valence-electron chi connectivity index (χ3n) is 6.43. The topological polar surface area (TPSA) is 96.1 Å². The molecule has 0 spiro atoms. The van der Waals surface area contributed by atoms with Gasteiger partial charge in [0.05, 0.1) is 12.8 Å². The zero-order valence-electron chi connectivity index (χ0n) is 18.1. The summed E-state index contributed by atoms with van der Waals surface area (Å²) in [6, 6.07) is 11.0. The molecule has 4 rings (SSSR count). The number of Topliss-reactive ketones (excluding diaryl/α,β-unsaturated/α-hetero) is 1. The number of hydrogen-bond acceptors (Lipinski definition) is 6. The number of ether oxygens (including phenoxy) is 1. The predicted molar refractivity (Wildman–Crippen MR) is 120 cm³/mol.